The third kappa shape index (κ3) is 5.16. The van der Waals surface area contributed by atoms with Crippen LogP contribution >= 0.6 is 0 Å². The topological polar surface area (TPSA) is 98.5 Å². The molecule has 3 N–H and O–H groups in total. The highest BCUT2D eigenvalue weighted by molar-refractivity contribution is 6.10. The van der Waals surface area contributed by atoms with Gasteiger partial charge in [-0.3, -0.25) is 9.59 Å². The first-order valence-electron chi connectivity index (χ1n) is 11.1. The third-order valence-electron chi connectivity index (χ3n) is 6.48. The minimum Gasteiger partial charge on any atom is -0.458 e. The van der Waals surface area contributed by atoms with E-state index in [9.17, 15) is 14.4 Å². The quantitative estimate of drug-likeness (QED) is 0.368. The van der Waals surface area contributed by atoms with Crippen molar-refractivity contribution in [2.45, 2.75) is 57.3 Å². The van der Waals surface area contributed by atoms with Gasteiger partial charge in [0.15, 0.2) is 0 Å². The van der Waals surface area contributed by atoms with E-state index in [0.717, 1.165) is 18.4 Å². The third-order valence-corrected chi connectivity index (χ3v) is 6.48. The van der Waals surface area contributed by atoms with Gasteiger partial charge in [-0.15, -0.1) is 0 Å². The number of esters is 1. The van der Waals surface area contributed by atoms with Crippen molar-refractivity contribution in [3.63, 3.8) is 0 Å². The molecule has 0 aromatic heterocycles. The van der Waals surface area contributed by atoms with Crippen molar-refractivity contribution in [3.05, 3.63) is 77.4 Å². The van der Waals surface area contributed by atoms with Crippen molar-refractivity contribution in [1.82, 2.24) is 0 Å². The summed E-state index contributed by atoms with van der Waals surface area (Å²) in [6, 6.07) is 12.1. The molecule has 6 heteroatoms. The van der Waals surface area contributed by atoms with Gasteiger partial charge in [-0.2, -0.15) is 0 Å². The van der Waals surface area contributed by atoms with Crippen LogP contribution in [0.1, 0.15) is 73.5 Å². The molecular weight excluding hydrogens is 416 g/mol. The molecule has 2 aromatic carbocycles. The number of primary amides is 1. The molecule has 0 fully saturated rings. The number of amides is 2. The molecule has 0 heterocycles. The Hall–Kier alpha value is -3.41. The Balaban J connectivity index is 1.85. The molecule has 3 rings (SSSR count). The van der Waals surface area contributed by atoms with Crippen LogP contribution in [0, 0.1) is 0 Å². The van der Waals surface area contributed by atoms with E-state index in [0.29, 0.717) is 16.8 Å². The normalized spacial score (nSPS) is 16.7. The second-order valence-electron chi connectivity index (χ2n) is 9.86. The molecule has 1 atom stereocenters. The number of nitrogens with one attached hydrogen (secondary N) is 1. The highest BCUT2D eigenvalue weighted by Crippen LogP contribution is 2.46. The number of rotatable bonds is 7. The number of anilines is 1. The second kappa shape index (κ2) is 9.22. The van der Waals surface area contributed by atoms with E-state index < -0.39 is 23.7 Å². The van der Waals surface area contributed by atoms with Crippen molar-refractivity contribution < 1.29 is 19.1 Å². The van der Waals surface area contributed by atoms with Crippen LogP contribution in [-0.2, 0) is 25.2 Å². The first-order valence-corrected chi connectivity index (χ1v) is 11.1. The number of carbonyl (C=O) groups excluding carboxylic acids is 3. The van der Waals surface area contributed by atoms with Crippen molar-refractivity contribution in [1.29, 1.82) is 0 Å². The highest BCUT2D eigenvalue weighted by atomic mass is 16.5. The van der Waals surface area contributed by atoms with Crippen LogP contribution in [-0.4, -0.2) is 24.4 Å². The molecule has 33 heavy (non-hydrogen) atoms. The van der Waals surface area contributed by atoms with Crippen LogP contribution in [0.15, 0.2) is 55.1 Å². The summed E-state index contributed by atoms with van der Waals surface area (Å²) in [6.45, 7) is 12.4. The van der Waals surface area contributed by atoms with E-state index in [1.807, 2.05) is 18.2 Å². The van der Waals surface area contributed by atoms with Crippen LogP contribution in [0.4, 0.5) is 5.69 Å². The molecule has 1 unspecified atom stereocenters. The van der Waals surface area contributed by atoms with Crippen LogP contribution in [0.3, 0.4) is 0 Å². The zero-order valence-corrected chi connectivity index (χ0v) is 19.7. The molecule has 6 nitrogen and oxygen atoms in total. The summed E-state index contributed by atoms with van der Waals surface area (Å²) in [5.41, 5.74) is 9.40. The summed E-state index contributed by atoms with van der Waals surface area (Å²) < 4.78 is 5.00. The summed E-state index contributed by atoms with van der Waals surface area (Å²) in [5, 5.41) is 2.74. The van der Waals surface area contributed by atoms with Crippen molar-refractivity contribution in [3.8, 4) is 0 Å². The van der Waals surface area contributed by atoms with Crippen LogP contribution < -0.4 is 11.1 Å². The molecule has 2 aromatic rings. The van der Waals surface area contributed by atoms with E-state index in [2.05, 4.69) is 39.6 Å². The average Bonchev–Trinajstić information content (AvgIpc) is 2.75. The van der Waals surface area contributed by atoms with Crippen LogP contribution in [0.25, 0.3) is 0 Å². The Bertz CT molecular complexity index is 1080. The molecule has 1 aliphatic carbocycles. The Morgan fingerprint density at radius 1 is 1.03 bits per heavy atom. The first-order chi connectivity index (χ1) is 15.5. The maximum absolute atomic E-state index is 13.1. The summed E-state index contributed by atoms with van der Waals surface area (Å²) in [5.74, 6) is -2.85. The van der Waals surface area contributed by atoms with E-state index in [4.69, 9.17) is 10.5 Å². The number of benzene rings is 2. The minimum atomic E-state index is -1.13. The van der Waals surface area contributed by atoms with Gasteiger partial charge in [-0.05, 0) is 64.6 Å². The molecular formula is C27H32N2O4. The molecule has 174 valence electrons. The Labute approximate surface area is 195 Å². The van der Waals surface area contributed by atoms with Gasteiger partial charge < -0.3 is 15.8 Å². The zero-order chi connectivity index (χ0) is 24.4. The predicted octanol–water partition coefficient (Wildman–Crippen LogP) is 4.59. The summed E-state index contributed by atoms with van der Waals surface area (Å²) in [7, 11) is 0. The number of ether oxygens (including phenoxy) is 1. The fourth-order valence-electron chi connectivity index (χ4n) is 4.35. The maximum atomic E-state index is 13.1. The number of fused-ring (bicyclic) bond motifs is 1. The minimum absolute atomic E-state index is 0.0302. The van der Waals surface area contributed by atoms with E-state index in [1.165, 1.54) is 11.6 Å². The largest absolute Gasteiger partial charge is 0.458 e. The van der Waals surface area contributed by atoms with E-state index in [-0.39, 0.29) is 17.4 Å². The number of carbonyl (C=O) groups is 3. The lowest BCUT2D eigenvalue weighted by molar-refractivity contribution is -0.127. The summed E-state index contributed by atoms with van der Waals surface area (Å²) in [6.07, 6.45) is 3.58. The molecule has 0 aliphatic heterocycles. The SMILES string of the molecule is C=CCOC(=O)c1ccc(NC(=O)C(C(N)=O)c2ccc3c(c2)C(C)(C)CCC3(C)C)cc1. The van der Waals surface area contributed by atoms with Gasteiger partial charge in [-0.25, -0.2) is 4.79 Å². The van der Waals surface area contributed by atoms with Crippen LogP contribution in [0.5, 0.6) is 0 Å². The molecule has 0 radical (unpaired) electrons. The lowest BCUT2D eigenvalue weighted by Gasteiger charge is -2.42. The van der Waals surface area contributed by atoms with Crippen LogP contribution in [0.2, 0.25) is 0 Å². The van der Waals surface area contributed by atoms with Gasteiger partial charge in [0.2, 0.25) is 11.8 Å². The Morgan fingerprint density at radius 2 is 1.64 bits per heavy atom. The van der Waals surface area contributed by atoms with Crippen molar-refractivity contribution in [2.24, 2.45) is 5.73 Å². The van der Waals surface area contributed by atoms with Gasteiger partial charge in [0, 0.05) is 5.69 Å². The summed E-state index contributed by atoms with van der Waals surface area (Å²) >= 11 is 0. The molecule has 0 saturated carbocycles. The zero-order valence-electron chi connectivity index (χ0n) is 19.7. The van der Waals surface area contributed by atoms with Gasteiger partial charge in [0.1, 0.15) is 12.5 Å². The second-order valence-corrected chi connectivity index (χ2v) is 9.86. The van der Waals surface area contributed by atoms with Gasteiger partial charge in [0.25, 0.3) is 0 Å². The standard InChI is InChI=1S/C27H32N2O4/c1-6-15-33-25(32)17-7-10-19(11-8-17)29-24(31)22(23(28)30)18-9-12-20-21(16-18)27(4,5)14-13-26(20,2)3/h6-12,16,22H,1,13-15H2,2-5H3,(H2,28,30)(H,29,31). The Morgan fingerprint density at radius 3 is 2.21 bits per heavy atom. The highest BCUT2D eigenvalue weighted by Gasteiger charge is 2.38. The lowest BCUT2D eigenvalue weighted by atomic mass is 9.62. The average molecular weight is 449 g/mol. The molecule has 0 spiro atoms. The smallest absolute Gasteiger partial charge is 0.338 e. The fourth-order valence-corrected chi connectivity index (χ4v) is 4.35. The van der Waals surface area contributed by atoms with E-state index in [1.54, 1.807) is 24.3 Å². The molecule has 0 saturated heterocycles. The number of hydrogen-bond acceptors (Lipinski definition) is 4. The fraction of sp³-hybridized carbons (Fsp3) is 0.370. The summed E-state index contributed by atoms with van der Waals surface area (Å²) in [4.78, 5) is 37.3. The van der Waals surface area contributed by atoms with Gasteiger partial charge >= 0.3 is 5.97 Å². The van der Waals surface area contributed by atoms with Crippen molar-refractivity contribution >= 4 is 23.5 Å². The van der Waals surface area contributed by atoms with E-state index >= 15 is 0 Å². The maximum Gasteiger partial charge on any atom is 0.338 e. The van der Waals surface area contributed by atoms with Gasteiger partial charge in [0.05, 0.1) is 5.56 Å². The number of nitrogens with two attached hydrogens (primary N) is 1. The molecule has 1 aliphatic rings. The van der Waals surface area contributed by atoms with Gasteiger partial charge in [-0.1, -0.05) is 58.5 Å². The number of hydrogen-bond donors (Lipinski definition) is 2. The molecule has 0 bridgehead atoms. The monoisotopic (exact) mass is 448 g/mol. The molecule has 2 amide bonds. The lowest BCUT2D eigenvalue weighted by Crippen LogP contribution is -2.36. The predicted molar refractivity (Wildman–Crippen MR) is 129 cm³/mol. The Kier molecular flexibility index (Phi) is 6.77. The first kappa shape index (κ1) is 24.2. The van der Waals surface area contributed by atoms with Crippen molar-refractivity contribution in [2.75, 3.05) is 11.9 Å².